The molecular formula is C16H20N2S. The second kappa shape index (κ2) is 5.74. The van der Waals surface area contributed by atoms with E-state index in [0.29, 0.717) is 12.0 Å². The van der Waals surface area contributed by atoms with Crippen LogP contribution in [0.25, 0.3) is 0 Å². The van der Waals surface area contributed by atoms with Crippen molar-refractivity contribution in [3.8, 4) is 0 Å². The van der Waals surface area contributed by atoms with Gasteiger partial charge in [0.15, 0.2) is 5.11 Å². The summed E-state index contributed by atoms with van der Waals surface area (Å²) in [5.74, 6) is 1.48. The van der Waals surface area contributed by atoms with Gasteiger partial charge >= 0.3 is 0 Å². The van der Waals surface area contributed by atoms with Crippen molar-refractivity contribution in [1.29, 1.82) is 0 Å². The Labute approximate surface area is 120 Å². The minimum absolute atomic E-state index is 0.548. The van der Waals surface area contributed by atoms with Crippen molar-refractivity contribution in [2.45, 2.75) is 25.3 Å². The second-order valence-corrected chi connectivity index (χ2v) is 5.93. The van der Waals surface area contributed by atoms with Crippen LogP contribution in [0.3, 0.4) is 0 Å². The number of hydrogen-bond acceptors (Lipinski definition) is 1. The number of benzene rings is 1. The molecule has 1 aromatic carbocycles. The first-order chi connectivity index (χ1) is 9.31. The summed E-state index contributed by atoms with van der Waals surface area (Å²) in [5.41, 5.74) is 1.35. The molecule has 2 aliphatic carbocycles. The van der Waals surface area contributed by atoms with Crippen LogP contribution in [0.4, 0.5) is 0 Å². The Morgan fingerprint density at radius 2 is 2.00 bits per heavy atom. The summed E-state index contributed by atoms with van der Waals surface area (Å²) in [6.07, 6.45) is 8.26. The highest BCUT2D eigenvalue weighted by Crippen LogP contribution is 2.38. The molecule has 1 aromatic rings. The lowest BCUT2D eigenvalue weighted by Crippen LogP contribution is -2.44. The topological polar surface area (TPSA) is 24.1 Å². The Hall–Kier alpha value is -1.35. The van der Waals surface area contributed by atoms with Gasteiger partial charge in [0.1, 0.15) is 0 Å². The fraction of sp³-hybridized carbons (Fsp3) is 0.438. The lowest BCUT2D eigenvalue weighted by molar-refractivity contribution is 0.520. The maximum Gasteiger partial charge on any atom is 0.166 e. The molecule has 3 atom stereocenters. The first kappa shape index (κ1) is 12.7. The van der Waals surface area contributed by atoms with Gasteiger partial charge in [-0.05, 0) is 48.9 Å². The predicted octanol–water partition coefficient (Wildman–Crippen LogP) is 2.66. The largest absolute Gasteiger partial charge is 0.362 e. The summed E-state index contributed by atoms with van der Waals surface area (Å²) in [6, 6.07) is 11.1. The summed E-state index contributed by atoms with van der Waals surface area (Å²) in [7, 11) is 0. The molecule has 1 saturated carbocycles. The Morgan fingerprint density at radius 3 is 2.68 bits per heavy atom. The summed E-state index contributed by atoms with van der Waals surface area (Å²) in [4.78, 5) is 0. The molecule has 19 heavy (non-hydrogen) atoms. The third-order valence-electron chi connectivity index (χ3n) is 4.14. The molecule has 0 saturated heterocycles. The second-order valence-electron chi connectivity index (χ2n) is 5.52. The lowest BCUT2D eigenvalue weighted by atomic mass is 10.0. The Kier molecular flexibility index (Phi) is 3.83. The van der Waals surface area contributed by atoms with E-state index in [-0.39, 0.29) is 0 Å². The molecule has 2 bridgehead atoms. The van der Waals surface area contributed by atoms with E-state index in [4.69, 9.17) is 12.2 Å². The number of hydrogen-bond donors (Lipinski definition) is 2. The Bertz CT molecular complexity index is 469. The zero-order valence-electron chi connectivity index (χ0n) is 11.0. The average Bonchev–Trinajstić information content (AvgIpc) is 3.02. The SMILES string of the molecule is S=C(NCCc1ccccc1)NC1CC2C=CC1C2. The van der Waals surface area contributed by atoms with E-state index in [1.165, 1.54) is 18.4 Å². The van der Waals surface area contributed by atoms with Crippen LogP contribution in [0, 0.1) is 11.8 Å². The molecule has 0 aromatic heterocycles. The minimum Gasteiger partial charge on any atom is -0.362 e. The van der Waals surface area contributed by atoms with Crippen LogP contribution >= 0.6 is 12.2 Å². The van der Waals surface area contributed by atoms with Crippen LogP contribution in [0.1, 0.15) is 18.4 Å². The van der Waals surface area contributed by atoms with Gasteiger partial charge in [0.25, 0.3) is 0 Å². The lowest BCUT2D eigenvalue weighted by Gasteiger charge is -2.21. The molecule has 100 valence electrons. The third kappa shape index (κ3) is 3.16. The van der Waals surface area contributed by atoms with E-state index in [2.05, 4.69) is 47.1 Å². The Balaban J connectivity index is 1.39. The quantitative estimate of drug-likeness (QED) is 0.651. The van der Waals surface area contributed by atoms with Crippen LogP contribution in [0.15, 0.2) is 42.5 Å². The number of fused-ring (bicyclic) bond motifs is 2. The van der Waals surface area contributed by atoms with Crippen molar-refractivity contribution in [2.24, 2.45) is 11.8 Å². The highest BCUT2D eigenvalue weighted by Gasteiger charge is 2.35. The average molecular weight is 272 g/mol. The van der Waals surface area contributed by atoms with Crippen molar-refractivity contribution in [3.63, 3.8) is 0 Å². The molecular weight excluding hydrogens is 252 g/mol. The van der Waals surface area contributed by atoms with E-state index in [1.807, 2.05) is 6.07 Å². The fourth-order valence-electron chi connectivity index (χ4n) is 3.13. The number of thiocarbonyl (C=S) groups is 1. The van der Waals surface area contributed by atoms with Gasteiger partial charge in [-0.2, -0.15) is 0 Å². The van der Waals surface area contributed by atoms with E-state index in [0.717, 1.165) is 24.0 Å². The predicted molar refractivity (Wildman–Crippen MR) is 83.0 cm³/mol. The van der Waals surface area contributed by atoms with Crippen molar-refractivity contribution in [3.05, 3.63) is 48.0 Å². The fourth-order valence-corrected chi connectivity index (χ4v) is 3.38. The zero-order chi connectivity index (χ0) is 13.1. The molecule has 0 amide bonds. The maximum absolute atomic E-state index is 5.38. The number of nitrogens with one attached hydrogen (secondary N) is 2. The van der Waals surface area contributed by atoms with Gasteiger partial charge in [-0.15, -0.1) is 0 Å². The van der Waals surface area contributed by atoms with Gasteiger partial charge in [0, 0.05) is 12.6 Å². The van der Waals surface area contributed by atoms with Crippen LogP contribution < -0.4 is 10.6 Å². The monoisotopic (exact) mass is 272 g/mol. The van der Waals surface area contributed by atoms with Crippen molar-refractivity contribution >= 4 is 17.3 Å². The van der Waals surface area contributed by atoms with Crippen molar-refractivity contribution in [2.75, 3.05) is 6.54 Å². The van der Waals surface area contributed by atoms with Gasteiger partial charge in [0.2, 0.25) is 0 Å². The normalized spacial score (nSPS) is 27.5. The summed E-state index contributed by atoms with van der Waals surface area (Å²) >= 11 is 5.38. The summed E-state index contributed by atoms with van der Waals surface area (Å²) in [6.45, 7) is 0.895. The molecule has 0 heterocycles. The van der Waals surface area contributed by atoms with Gasteiger partial charge < -0.3 is 10.6 Å². The highest BCUT2D eigenvalue weighted by atomic mass is 32.1. The molecule has 3 unspecified atom stereocenters. The van der Waals surface area contributed by atoms with E-state index >= 15 is 0 Å². The number of allylic oxidation sites excluding steroid dienone is 1. The van der Waals surface area contributed by atoms with E-state index in [9.17, 15) is 0 Å². The maximum atomic E-state index is 5.38. The molecule has 2 nitrogen and oxygen atoms in total. The molecule has 0 radical (unpaired) electrons. The summed E-state index contributed by atoms with van der Waals surface area (Å²) in [5, 5.41) is 7.59. The standard InChI is InChI=1S/C16H20N2S/c19-16(17-9-8-12-4-2-1-3-5-12)18-15-11-13-6-7-14(15)10-13/h1-7,13-15H,8-11H2,(H2,17,18,19). The molecule has 3 rings (SSSR count). The van der Waals surface area contributed by atoms with Crippen molar-refractivity contribution < 1.29 is 0 Å². The smallest absolute Gasteiger partial charge is 0.166 e. The molecule has 0 spiro atoms. The third-order valence-corrected chi connectivity index (χ3v) is 4.40. The van der Waals surface area contributed by atoms with E-state index in [1.54, 1.807) is 0 Å². The van der Waals surface area contributed by atoms with Gasteiger partial charge in [0.05, 0.1) is 0 Å². The first-order valence-corrected chi connectivity index (χ1v) is 7.49. The van der Waals surface area contributed by atoms with Crippen molar-refractivity contribution in [1.82, 2.24) is 10.6 Å². The van der Waals surface area contributed by atoms with Crippen LogP contribution in [0.5, 0.6) is 0 Å². The molecule has 0 aliphatic heterocycles. The Morgan fingerprint density at radius 1 is 1.16 bits per heavy atom. The van der Waals surface area contributed by atoms with E-state index < -0.39 is 0 Å². The first-order valence-electron chi connectivity index (χ1n) is 7.08. The van der Waals surface area contributed by atoms with Gasteiger partial charge in [-0.25, -0.2) is 0 Å². The van der Waals surface area contributed by atoms with Gasteiger partial charge in [-0.3, -0.25) is 0 Å². The van der Waals surface area contributed by atoms with Crippen LogP contribution in [-0.4, -0.2) is 17.7 Å². The molecule has 1 fully saturated rings. The zero-order valence-corrected chi connectivity index (χ0v) is 11.8. The molecule has 2 N–H and O–H groups in total. The highest BCUT2D eigenvalue weighted by molar-refractivity contribution is 7.80. The van der Waals surface area contributed by atoms with Crippen LogP contribution in [0.2, 0.25) is 0 Å². The van der Waals surface area contributed by atoms with Gasteiger partial charge in [-0.1, -0.05) is 42.5 Å². The molecule has 3 heteroatoms. The summed E-state index contributed by atoms with van der Waals surface area (Å²) < 4.78 is 0. The number of rotatable bonds is 4. The van der Waals surface area contributed by atoms with Crippen LogP contribution in [-0.2, 0) is 6.42 Å². The minimum atomic E-state index is 0.548. The molecule has 2 aliphatic rings.